The number of aliphatic hydroxyl groups is 1. The van der Waals surface area contributed by atoms with Crippen LogP contribution in [0.2, 0.25) is 5.02 Å². The van der Waals surface area contributed by atoms with Gasteiger partial charge in [-0.1, -0.05) is 11.6 Å². The van der Waals surface area contributed by atoms with E-state index in [9.17, 15) is 22.4 Å². The molecule has 0 unspecified atom stereocenters. The first-order valence-corrected chi connectivity index (χ1v) is 10.8. The maximum Gasteiger partial charge on any atom is 0.417 e. The van der Waals surface area contributed by atoms with Crippen molar-refractivity contribution in [3.8, 4) is 11.5 Å². The van der Waals surface area contributed by atoms with Crippen molar-refractivity contribution < 1.29 is 32.2 Å². The minimum atomic E-state index is -4.73. The molecule has 4 rings (SSSR count). The molecule has 0 bridgehead atoms. The summed E-state index contributed by atoms with van der Waals surface area (Å²) >= 11 is 5.58. The quantitative estimate of drug-likeness (QED) is 0.263. The third-order valence-electron chi connectivity index (χ3n) is 4.88. The smallest absolute Gasteiger partial charge is 0.417 e. The topological polar surface area (TPSA) is 96.4 Å². The lowest BCUT2D eigenvalue weighted by atomic mass is 10.1. The Morgan fingerprint density at radius 3 is 2.58 bits per heavy atom. The van der Waals surface area contributed by atoms with Crippen LogP contribution in [-0.4, -0.2) is 34.1 Å². The Morgan fingerprint density at radius 2 is 1.86 bits per heavy atom. The number of nitrogens with one attached hydrogen (secondary N) is 2. The Balaban J connectivity index is 1.49. The normalized spacial score (nSPS) is 11.4. The highest BCUT2D eigenvalue weighted by Gasteiger charge is 2.33. The van der Waals surface area contributed by atoms with E-state index in [1.165, 1.54) is 18.3 Å². The molecule has 0 saturated carbocycles. The standard InChI is InChI=1S/C24H17ClF4N4O3/c25-17-4-1-13(9-16(17)24(27,28)29)23(35)32-14-2-6-21(18(26)10-14)36-15-3-5-19-20(11-15)33-22(12-31-19)30-7-8-34/h1-6,9-12,34H,7-8H2,(H,30,33)(H,32,35). The van der Waals surface area contributed by atoms with Gasteiger partial charge in [-0.15, -0.1) is 0 Å². The van der Waals surface area contributed by atoms with Crippen LogP contribution in [0.4, 0.5) is 29.1 Å². The van der Waals surface area contributed by atoms with Gasteiger partial charge in [-0.3, -0.25) is 9.78 Å². The van der Waals surface area contributed by atoms with Crippen LogP contribution in [0.3, 0.4) is 0 Å². The maximum absolute atomic E-state index is 14.7. The molecule has 7 nitrogen and oxygen atoms in total. The first-order chi connectivity index (χ1) is 17.1. The van der Waals surface area contributed by atoms with Crippen LogP contribution >= 0.6 is 11.6 Å². The van der Waals surface area contributed by atoms with E-state index < -0.39 is 28.5 Å². The van der Waals surface area contributed by atoms with Crippen LogP contribution in [0.15, 0.2) is 60.8 Å². The van der Waals surface area contributed by atoms with Crippen LogP contribution in [0.1, 0.15) is 15.9 Å². The van der Waals surface area contributed by atoms with Crippen molar-refractivity contribution in [2.45, 2.75) is 6.18 Å². The van der Waals surface area contributed by atoms with E-state index in [1.54, 1.807) is 18.2 Å². The van der Waals surface area contributed by atoms with Crippen LogP contribution in [0.25, 0.3) is 11.0 Å². The number of rotatable bonds is 7. The van der Waals surface area contributed by atoms with Crippen molar-refractivity contribution in [3.63, 3.8) is 0 Å². The minimum Gasteiger partial charge on any atom is -0.454 e. The Labute approximate surface area is 206 Å². The lowest BCUT2D eigenvalue weighted by molar-refractivity contribution is -0.137. The summed E-state index contributed by atoms with van der Waals surface area (Å²) in [5.41, 5.74) is -0.384. The Bertz CT molecular complexity index is 1430. The van der Waals surface area contributed by atoms with Gasteiger partial charge in [-0.25, -0.2) is 9.37 Å². The number of carbonyl (C=O) groups is 1. The lowest BCUT2D eigenvalue weighted by Crippen LogP contribution is -2.14. The highest BCUT2D eigenvalue weighted by molar-refractivity contribution is 6.31. The number of benzene rings is 3. The van der Waals surface area contributed by atoms with Crippen molar-refractivity contribution in [2.24, 2.45) is 0 Å². The molecule has 0 aliphatic rings. The van der Waals surface area contributed by atoms with Gasteiger partial charge >= 0.3 is 6.18 Å². The number of ether oxygens (including phenoxy) is 1. The monoisotopic (exact) mass is 520 g/mol. The molecule has 3 aromatic carbocycles. The fourth-order valence-corrected chi connectivity index (χ4v) is 3.42. The fraction of sp³-hybridized carbons (Fsp3) is 0.125. The Hall–Kier alpha value is -3.96. The molecule has 3 N–H and O–H groups in total. The SMILES string of the molecule is O=C(Nc1ccc(Oc2ccc3ncc(NCCO)nc3c2)c(F)c1)c1ccc(Cl)c(C(F)(F)F)c1. The molecule has 0 spiro atoms. The van der Waals surface area contributed by atoms with E-state index in [1.807, 2.05) is 0 Å². The van der Waals surface area contributed by atoms with Gasteiger partial charge in [0.2, 0.25) is 0 Å². The Morgan fingerprint density at radius 1 is 1.06 bits per heavy atom. The molecule has 0 fully saturated rings. The molecule has 0 radical (unpaired) electrons. The minimum absolute atomic E-state index is 0.0114. The molecule has 0 saturated heterocycles. The second kappa shape index (κ2) is 10.3. The number of hydrogen-bond donors (Lipinski definition) is 3. The number of aliphatic hydroxyl groups excluding tert-OH is 1. The van der Waals surface area contributed by atoms with Gasteiger partial charge in [0, 0.05) is 29.9 Å². The van der Waals surface area contributed by atoms with Crippen molar-refractivity contribution >= 4 is 40.0 Å². The van der Waals surface area contributed by atoms with Gasteiger partial charge in [0.1, 0.15) is 11.6 Å². The van der Waals surface area contributed by atoms with Crippen molar-refractivity contribution in [1.82, 2.24) is 9.97 Å². The van der Waals surface area contributed by atoms with E-state index in [4.69, 9.17) is 21.4 Å². The van der Waals surface area contributed by atoms with E-state index in [0.29, 0.717) is 29.5 Å². The second-order valence-electron chi connectivity index (χ2n) is 7.45. The Kier molecular flexibility index (Phi) is 7.22. The summed E-state index contributed by atoms with van der Waals surface area (Å²) in [7, 11) is 0. The molecule has 36 heavy (non-hydrogen) atoms. The molecule has 1 amide bonds. The third-order valence-corrected chi connectivity index (χ3v) is 5.21. The zero-order chi connectivity index (χ0) is 25.9. The fourth-order valence-electron chi connectivity index (χ4n) is 3.20. The van der Waals surface area contributed by atoms with Crippen LogP contribution in [-0.2, 0) is 6.18 Å². The summed E-state index contributed by atoms with van der Waals surface area (Å²) in [6, 6.07) is 11.1. The molecule has 12 heteroatoms. The molecule has 4 aromatic rings. The van der Waals surface area contributed by atoms with Crippen molar-refractivity contribution in [3.05, 3.63) is 82.8 Å². The van der Waals surface area contributed by atoms with Gasteiger partial charge in [-0.05, 0) is 42.5 Å². The number of halogens is 5. The van der Waals surface area contributed by atoms with E-state index in [-0.39, 0.29) is 29.4 Å². The van der Waals surface area contributed by atoms with Crippen molar-refractivity contribution in [2.75, 3.05) is 23.8 Å². The predicted molar refractivity (Wildman–Crippen MR) is 126 cm³/mol. The number of aromatic nitrogens is 2. The number of nitrogens with zero attached hydrogens (tertiary/aromatic N) is 2. The summed E-state index contributed by atoms with van der Waals surface area (Å²) in [5.74, 6) is -1.12. The summed E-state index contributed by atoms with van der Waals surface area (Å²) in [5, 5.41) is 13.6. The third kappa shape index (κ3) is 5.81. The summed E-state index contributed by atoms with van der Waals surface area (Å²) in [6.45, 7) is 0.221. The van der Waals surface area contributed by atoms with Crippen LogP contribution in [0.5, 0.6) is 11.5 Å². The molecule has 186 valence electrons. The maximum atomic E-state index is 14.7. The molecular formula is C24H17ClF4N4O3. The van der Waals surface area contributed by atoms with E-state index >= 15 is 0 Å². The largest absolute Gasteiger partial charge is 0.454 e. The van der Waals surface area contributed by atoms with Gasteiger partial charge in [0.05, 0.1) is 34.4 Å². The van der Waals surface area contributed by atoms with E-state index in [2.05, 4.69) is 20.6 Å². The predicted octanol–water partition coefficient (Wildman–Crippen LogP) is 5.89. The van der Waals surface area contributed by atoms with E-state index in [0.717, 1.165) is 18.2 Å². The molecular weight excluding hydrogens is 504 g/mol. The summed E-state index contributed by atoms with van der Waals surface area (Å²) in [4.78, 5) is 21.0. The number of carbonyl (C=O) groups excluding carboxylic acids is 1. The van der Waals surface area contributed by atoms with Gasteiger partial charge in [-0.2, -0.15) is 13.2 Å². The van der Waals surface area contributed by atoms with Gasteiger partial charge < -0.3 is 20.5 Å². The summed E-state index contributed by atoms with van der Waals surface area (Å²) < 4.78 is 59.4. The molecule has 0 aliphatic heterocycles. The first-order valence-electron chi connectivity index (χ1n) is 10.4. The number of hydrogen-bond acceptors (Lipinski definition) is 6. The number of anilines is 2. The molecule has 1 aromatic heterocycles. The zero-order valence-corrected chi connectivity index (χ0v) is 19.0. The van der Waals surface area contributed by atoms with Crippen molar-refractivity contribution in [1.29, 1.82) is 0 Å². The molecule has 0 atom stereocenters. The molecule has 0 aliphatic carbocycles. The molecule has 1 heterocycles. The van der Waals surface area contributed by atoms with Crippen LogP contribution < -0.4 is 15.4 Å². The second-order valence-corrected chi connectivity index (χ2v) is 7.86. The zero-order valence-electron chi connectivity index (χ0n) is 18.2. The van der Waals surface area contributed by atoms with Gasteiger partial charge in [0.15, 0.2) is 11.6 Å². The number of fused-ring (bicyclic) bond motifs is 1. The highest BCUT2D eigenvalue weighted by atomic mass is 35.5. The highest BCUT2D eigenvalue weighted by Crippen LogP contribution is 2.35. The number of amides is 1. The average Bonchev–Trinajstić information content (AvgIpc) is 2.83. The average molecular weight is 521 g/mol. The summed E-state index contributed by atoms with van der Waals surface area (Å²) in [6.07, 6.45) is -3.22. The first kappa shape index (κ1) is 25.1. The van der Waals surface area contributed by atoms with Gasteiger partial charge in [0.25, 0.3) is 5.91 Å². The number of alkyl halides is 3. The van der Waals surface area contributed by atoms with Crippen LogP contribution in [0, 0.1) is 5.82 Å². The lowest BCUT2D eigenvalue weighted by Gasteiger charge is -2.12.